The van der Waals surface area contributed by atoms with Gasteiger partial charge >= 0.3 is 12.1 Å². The van der Waals surface area contributed by atoms with E-state index in [2.05, 4.69) is 20.0 Å². The summed E-state index contributed by atoms with van der Waals surface area (Å²) in [7, 11) is 1.26. The number of fused-ring (bicyclic) bond motifs is 1. The number of nitrogens with zero attached hydrogens (tertiary/aromatic N) is 1. The fourth-order valence-corrected chi connectivity index (χ4v) is 3.15. The predicted molar refractivity (Wildman–Crippen MR) is 112 cm³/mol. The van der Waals surface area contributed by atoms with Crippen molar-refractivity contribution in [2.75, 3.05) is 12.4 Å². The normalized spacial score (nSPS) is 11.4. The van der Waals surface area contributed by atoms with Gasteiger partial charge < -0.3 is 15.0 Å². The first kappa shape index (κ1) is 21.1. The molecule has 0 radical (unpaired) electrons. The summed E-state index contributed by atoms with van der Waals surface area (Å²) in [6.07, 6.45) is -4.41. The largest absolute Gasteiger partial charge is 0.465 e. The highest BCUT2D eigenvalue weighted by atomic mass is 19.4. The molecule has 0 spiro atoms. The Labute approximate surface area is 180 Å². The number of carbonyl (C=O) groups excluding carboxylic acids is 2. The highest BCUT2D eigenvalue weighted by Crippen LogP contribution is 2.31. The Morgan fingerprint density at radius 1 is 0.969 bits per heavy atom. The van der Waals surface area contributed by atoms with Crippen molar-refractivity contribution in [3.8, 4) is 11.4 Å². The third-order valence-electron chi connectivity index (χ3n) is 4.77. The number of aromatic nitrogens is 2. The number of hydrogen-bond donors (Lipinski definition) is 2. The molecule has 0 atom stereocenters. The maximum atomic E-state index is 12.8. The van der Waals surface area contributed by atoms with Gasteiger partial charge in [-0.05, 0) is 48.5 Å². The maximum Gasteiger partial charge on any atom is 0.416 e. The molecule has 4 aromatic rings. The number of aromatic amines is 1. The lowest BCUT2D eigenvalue weighted by atomic mass is 10.1. The number of amides is 1. The summed E-state index contributed by atoms with van der Waals surface area (Å²) in [6.45, 7) is 0. The first-order valence-electron chi connectivity index (χ1n) is 9.42. The van der Waals surface area contributed by atoms with Crippen molar-refractivity contribution in [3.05, 3.63) is 83.4 Å². The molecule has 0 aliphatic heterocycles. The molecule has 9 heteroatoms. The average molecular weight is 439 g/mol. The number of carbonyl (C=O) groups is 2. The molecule has 0 unspecified atom stereocenters. The van der Waals surface area contributed by atoms with Crippen LogP contribution < -0.4 is 5.32 Å². The van der Waals surface area contributed by atoms with Crippen LogP contribution in [0.4, 0.5) is 18.9 Å². The lowest BCUT2D eigenvalue weighted by molar-refractivity contribution is -0.137. The molecule has 1 amide bonds. The Kier molecular flexibility index (Phi) is 5.40. The maximum absolute atomic E-state index is 12.8. The number of halogens is 3. The number of rotatable bonds is 4. The Balaban J connectivity index is 1.56. The van der Waals surface area contributed by atoms with Crippen molar-refractivity contribution < 1.29 is 27.5 Å². The first-order valence-corrected chi connectivity index (χ1v) is 9.42. The van der Waals surface area contributed by atoms with Gasteiger partial charge in [0.05, 0.1) is 29.3 Å². The van der Waals surface area contributed by atoms with E-state index in [4.69, 9.17) is 0 Å². The molecule has 0 fully saturated rings. The summed E-state index contributed by atoms with van der Waals surface area (Å²) < 4.78 is 42.9. The van der Waals surface area contributed by atoms with Gasteiger partial charge in [-0.25, -0.2) is 9.78 Å². The topological polar surface area (TPSA) is 84.1 Å². The quantitative estimate of drug-likeness (QED) is 0.424. The molecule has 0 saturated carbocycles. The van der Waals surface area contributed by atoms with E-state index in [0.717, 1.165) is 12.1 Å². The molecule has 0 bridgehead atoms. The lowest BCUT2D eigenvalue weighted by Gasteiger charge is -2.06. The van der Waals surface area contributed by atoms with Crippen LogP contribution in [0.3, 0.4) is 0 Å². The summed E-state index contributed by atoms with van der Waals surface area (Å²) in [4.78, 5) is 31.7. The molecule has 1 heterocycles. The zero-order valence-corrected chi connectivity index (χ0v) is 16.7. The van der Waals surface area contributed by atoms with E-state index in [1.807, 2.05) is 0 Å². The Bertz CT molecular complexity index is 1310. The summed E-state index contributed by atoms with van der Waals surface area (Å²) in [5.41, 5.74) is 1.95. The average Bonchev–Trinajstić information content (AvgIpc) is 3.21. The summed E-state index contributed by atoms with van der Waals surface area (Å²) in [5, 5.41) is 2.74. The van der Waals surface area contributed by atoms with Gasteiger partial charge in [0.15, 0.2) is 0 Å². The number of nitrogens with one attached hydrogen (secondary N) is 2. The molecule has 32 heavy (non-hydrogen) atoms. The second-order valence-electron chi connectivity index (χ2n) is 6.92. The molecule has 3 aromatic carbocycles. The first-order chi connectivity index (χ1) is 15.2. The number of hydrogen-bond acceptors (Lipinski definition) is 4. The van der Waals surface area contributed by atoms with Crippen LogP contribution in [0.2, 0.25) is 0 Å². The van der Waals surface area contributed by atoms with Crippen LogP contribution in [-0.2, 0) is 10.9 Å². The van der Waals surface area contributed by atoms with Gasteiger partial charge in [-0.3, -0.25) is 4.79 Å². The van der Waals surface area contributed by atoms with Crippen LogP contribution in [-0.4, -0.2) is 29.0 Å². The molecule has 162 valence electrons. The molecule has 2 N–H and O–H groups in total. The standard InChI is InChI=1S/C23H16F3N3O3/c1-32-22(31)15-4-2-3-14(11-15)21(30)27-17-9-10-18-19(12-17)29-20(28-18)13-5-7-16(8-6-13)23(24,25)26/h2-12H,1H3,(H,27,30)(H,28,29). The van der Waals surface area contributed by atoms with Gasteiger partial charge in [0.2, 0.25) is 0 Å². The van der Waals surface area contributed by atoms with Crippen LogP contribution in [0.25, 0.3) is 22.4 Å². The molecule has 6 nitrogen and oxygen atoms in total. The minimum atomic E-state index is -4.41. The van der Waals surface area contributed by atoms with E-state index < -0.39 is 23.6 Å². The SMILES string of the molecule is COC(=O)c1cccc(C(=O)Nc2ccc3[nH]c(-c4ccc(C(F)(F)F)cc4)nc3c2)c1. The van der Waals surface area contributed by atoms with Crippen LogP contribution >= 0.6 is 0 Å². The fourth-order valence-electron chi connectivity index (χ4n) is 3.15. The number of ether oxygens (including phenoxy) is 1. The highest BCUT2D eigenvalue weighted by molar-refractivity contribution is 6.06. The third-order valence-corrected chi connectivity index (χ3v) is 4.77. The van der Waals surface area contributed by atoms with Gasteiger partial charge in [0, 0.05) is 16.8 Å². The van der Waals surface area contributed by atoms with Crippen LogP contribution in [0.1, 0.15) is 26.3 Å². The number of alkyl halides is 3. The zero-order chi connectivity index (χ0) is 22.9. The molecule has 1 aromatic heterocycles. The van der Waals surface area contributed by atoms with Gasteiger partial charge in [0.1, 0.15) is 5.82 Å². The van der Waals surface area contributed by atoms with E-state index in [0.29, 0.717) is 28.1 Å². The minimum absolute atomic E-state index is 0.254. The molecule has 0 saturated heterocycles. The molecule has 0 aliphatic carbocycles. The van der Waals surface area contributed by atoms with Crippen molar-refractivity contribution in [3.63, 3.8) is 0 Å². The fraction of sp³-hybridized carbons (Fsp3) is 0.0870. The Hall–Kier alpha value is -4.14. The number of anilines is 1. The molecular weight excluding hydrogens is 423 g/mol. The predicted octanol–water partition coefficient (Wildman–Crippen LogP) is 5.29. The highest BCUT2D eigenvalue weighted by Gasteiger charge is 2.30. The van der Waals surface area contributed by atoms with Crippen LogP contribution in [0.15, 0.2) is 66.7 Å². The van der Waals surface area contributed by atoms with E-state index >= 15 is 0 Å². The summed E-state index contributed by atoms with van der Waals surface area (Å²) in [5.74, 6) is -0.565. The van der Waals surface area contributed by atoms with Gasteiger partial charge in [-0.1, -0.05) is 18.2 Å². The second-order valence-corrected chi connectivity index (χ2v) is 6.92. The summed E-state index contributed by atoms with van der Waals surface area (Å²) in [6, 6.07) is 15.8. The van der Waals surface area contributed by atoms with Gasteiger partial charge in [-0.15, -0.1) is 0 Å². The van der Waals surface area contributed by atoms with E-state index in [-0.39, 0.29) is 11.1 Å². The number of benzene rings is 3. The van der Waals surface area contributed by atoms with E-state index in [1.165, 1.54) is 25.3 Å². The van der Waals surface area contributed by atoms with Crippen molar-refractivity contribution in [2.24, 2.45) is 0 Å². The van der Waals surface area contributed by atoms with Gasteiger partial charge in [-0.2, -0.15) is 13.2 Å². The van der Waals surface area contributed by atoms with E-state index in [1.54, 1.807) is 36.4 Å². The number of esters is 1. The number of methoxy groups -OCH3 is 1. The minimum Gasteiger partial charge on any atom is -0.465 e. The van der Waals surface area contributed by atoms with Crippen molar-refractivity contribution >= 4 is 28.6 Å². The van der Waals surface area contributed by atoms with Crippen LogP contribution in [0.5, 0.6) is 0 Å². The zero-order valence-electron chi connectivity index (χ0n) is 16.7. The Morgan fingerprint density at radius 3 is 2.38 bits per heavy atom. The second kappa shape index (κ2) is 8.18. The molecule has 4 rings (SSSR count). The molecular formula is C23H16F3N3O3. The smallest absolute Gasteiger partial charge is 0.416 e. The van der Waals surface area contributed by atoms with Crippen LogP contribution in [0, 0.1) is 0 Å². The van der Waals surface area contributed by atoms with Crippen molar-refractivity contribution in [2.45, 2.75) is 6.18 Å². The monoisotopic (exact) mass is 439 g/mol. The number of H-pyrrole nitrogens is 1. The van der Waals surface area contributed by atoms with Crippen molar-refractivity contribution in [1.82, 2.24) is 9.97 Å². The third kappa shape index (κ3) is 4.31. The van der Waals surface area contributed by atoms with Crippen molar-refractivity contribution in [1.29, 1.82) is 0 Å². The van der Waals surface area contributed by atoms with Gasteiger partial charge in [0.25, 0.3) is 5.91 Å². The summed E-state index contributed by atoms with van der Waals surface area (Å²) >= 11 is 0. The van der Waals surface area contributed by atoms with E-state index in [9.17, 15) is 22.8 Å². The molecule has 0 aliphatic rings. The Morgan fingerprint density at radius 2 is 1.69 bits per heavy atom. The lowest BCUT2D eigenvalue weighted by Crippen LogP contribution is -2.13. The number of imidazole rings is 1.